The zero-order chi connectivity index (χ0) is 20.1. The lowest BCUT2D eigenvalue weighted by Crippen LogP contribution is -2.42. The summed E-state index contributed by atoms with van der Waals surface area (Å²) in [7, 11) is 0. The van der Waals surface area contributed by atoms with Gasteiger partial charge in [-0.2, -0.15) is 0 Å². The van der Waals surface area contributed by atoms with Gasteiger partial charge in [0, 0.05) is 6.54 Å². The average molecular weight is 379 g/mol. The number of benzene rings is 1. The van der Waals surface area contributed by atoms with Gasteiger partial charge in [0.15, 0.2) is 13.2 Å². The summed E-state index contributed by atoms with van der Waals surface area (Å²) >= 11 is 0. The molecule has 0 bridgehead atoms. The first-order valence-electron chi connectivity index (χ1n) is 8.54. The zero-order valence-electron chi connectivity index (χ0n) is 15.4. The Morgan fingerprint density at radius 2 is 1.67 bits per heavy atom. The van der Waals surface area contributed by atoms with Crippen LogP contribution in [-0.4, -0.2) is 50.1 Å². The van der Waals surface area contributed by atoms with E-state index in [4.69, 9.17) is 4.74 Å². The largest absolute Gasteiger partial charge is 0.484 e. The second kappa shape index (κ2) is 12.3. The van der Waals surface area contributed by atoms with Crippen LogP contribution in [0.25, 0.3) is 0 Å². The third kappa shape index (κ3) is 11.2. The number of hydrogen-bond donors (Lipinski definition) is 3. The Labute approximate surface area is 157 Å². The topological polar surface area (TPSA) is 123 Å². The van der Waals surface area contributed by atoms with Gasteiger partial charge in [0.2, 0.25) is 0 Å². The van der Waals surface area contributed by atoms with Crippen LogP contribution in [0.4, 0.5) is 4.79 Å². The van der Waals surface area contributed by atoms with Gasteiger partial charge >= 0.3 is 12.0 Å². The highest BCUT2D eigenvalue weighted by atomic mass is 16.5. The van der Waals surface area contributed by atoms with Gasteiger partial charge < -0.3 is 20.1 Å². The Hall–Kier alpha value is -3.10. The first-order chi connectivity index (χ1) is 12.9. The number of carbonyl (C=O) groups excluding carboxylic acids is 4. The fraction of sp³-hybridized carbons (Fsp3) is 0.444. The van der Waals surface area contributed by atoms with Crippen molar-refractivity contribution in [1.29, 1.82) is 0 Å². The molecule has 0 atom stereocenters. The molecule has 1 rings (SSSR count). The maximum Gasteiger partial charge on any atom is 0.325 e. The van der Waals surface area contributed by atoms with Crippen LogP contribution in [0.3, 0.4) is 0 Å². The van der Waals surface area contributed by atoms with Crippen molar-refractivity contribution in [2.45, 2.75) is 20.3 Å². The van der Waals surface area contributed by atoms with Crippen LogP contribution >= 0.6 is 0 Å². The number of nitrogens with one attached hydrogen (secondary N) is 3. The van der Waals surface area contributed by atoms with Gasteiger partial charge in [-0.25, -0.2) is 4.79 Å². The van der Waals surface area contributed by atoms with Crippen LogP contribution in [0.15, 0.2) is 30.3 Å². The molecule has 148 valence electrons. The molecule has 0 aliphatic heterocycles. The normalized spacial score (nSPS) is 10.0. The fourth-order valence-corrected chi connectivity index (χ4v) is 1.77. The molecule has 0 aliphatic rings. The van der Waals surface area contributed by atoms with E-state index in [9.17, 15) is 19.2 Å². The fourth-order valence-electron chi connectivity index (χ4n) is 1.77. The van der Waals surface area contributed by atoms with Crippen molar-refractivity contribution in [3.63, 3.8) is 0 Å². The van der Waals surface area contributed by atoms with Crippen LogP contribution in [0.1, 0.15) is 20.3 Å². The van der Waals surface area contributed by atoms with Crippen LogP contribution < -0.4 is 20.7 Å². The minimum atomic E-state index is -0.807. The van der Waals surface area contributed by atoms with E-state index in [1.165, 1.54) is 0 Å². The van der Waals surface area contributed by atoms with Gasteiger partial charge in [-0.15, -0.1) is 0 Å². The number of hydrogen-bond acceptors (Lipinski definition) is 6. The number of imide groups is 1. The Bertz CT molecular complexity index is 633. The summed E-state index contributed by atoms with van der Waals surface area (Å²) in [5.41, 5.74) is 0. The third-order valence-corrected chi connectivity index (χ3v) is 3.17. The van der Waals surface area contributed by atoms with Gasteiger partial charge in [-0.1, -0.05) is 32.0 Å². The van der Waals surface area contributed by atoms with E-state index in [-0.39, 0.29) is 6.61 Å². The maximum absolute atomic E-state index is 11.6. The van der Waals surface area contributed by atoms with E-state index >= 15 is 0 Å². The molecule has 0 saturated heterocycles. The molecule has 0 spiro atoms. The highest BCUT2D eigenvalue weighted by Gasteiger charge is 2.12. The molecule has 9 nitrogen and oxygen atoms in total. The molecule has 0 heterocycles. The van der Waals surface area contributed by atoms with Crippen molar-refractivity contribution in [2.24, 2.45) is 5.92 Å². The lowest BCUT2D eigenvalue weighted by molar-refractivity contribution is -0.148. The highest BCUT2D eigenvalue weighted by molar-refractivity contribution is 5.95. The molecule has 0 fully saturated rings. The monoisotopic (exact) mass is 379 g/mol. The summed E-state index contributed by atoms with van der Waals surface area (Å²) in [6.07, 6.45) is 0.782. The lowest BCUT2D eigenvalue weighted by Gasteiger charge is -2.09. The van der Waals surface area contributed by atoms with Crippen LogP contribution in [-0.2, 0) is 19.1 Å². The maximum atomic E-state index is 11.6. The van der Waals surface area contributed by atoms with Crippen molar-refractivity contribution in [3.8, 4) is 5.75 Å². The summed E-state index contributed by atoms with van der Waals surface area (Å²) in [6, 6.07) is 8.08. The zero-order valence-corrected chi connectivity index (χ0v) is 15.4. The predicted molar refractivity (Wildman–Crippen MR) is 96.9 cm³/mol. The van der Waals surface area contributed by atoms with Gasteiger partial charge in [-0.05, 0) is 24.5 Å². The summed E-state index contributed by atoms with van der Waals surface area (Å²) in [4.78, 5) is 46.0. The van der Waals surface area contributed by atoms with Crippen molar-refractivity contribution in [2.75, 3.05) is 26.3 Å². The Morgan fingerprint density at radius 1 is 0.963 bits per heavy atom. The second-order valence-electron chi connectivity index (χ2n) is 6.03. The number of rotatable bonds is 10. The van der Waals surface area contributed by atoms with Crippen LogP contribution in [0.5, 0.6) is 5.75 Å². The molecule has 0 aromatic heterocycles. The smallest absolute Gasteiger partial charge is 0.325 e. The summed E-state index contributed by atoms with van der Waals surface area (Å²) < 4.78 is 9.89. The van der Waals surface area contributed by atoms with E-state index in [1.807, 2.05) is 25.2 Å². The third-order valence-electron chi connectivity index (χ3n) is 3.17. The minimum Gasteiger partial charge on any atom is -0.484 e. The van der Waals surface area contributed by atoms with E-state index in [1.54, 1.807) is 24.3 Å². The van der Waals surface area contributed by atoms with E-state index in [0.29, 0.717) is 18.2 Å². The number of urea groups is 1. The van der Waals surface area contributed by atoms with Crippen molar-refractivity contribution >= 4 is 23.8 Å². The number of esters is 1. The molecular formula is C18H25N3O6. The molecule has 27 heavy (non-hydrogen) atoms. The average Bonchev–Trinajstić information content (AvgIpc) is 2.63. The Balaban J connectivity index is 2.12. The van der Waals surface area contributed by atoms with Gasteiger partial charge in [0.1, 0.15) is 12.3 Å². The first kappa shape index (κ1) is 21.9. The summed E-state index contributed by atoms with van der Waals surface area (Å²) in [5.74, 6) is -1.12. The van der Waals surface area contributed by atoms with Crippen molar-refractivity contribution < 1.29 is 28.7 Å². The minimum absolute atomic E-state index is 0.256. The van der Waals surface area contributed by atoms with Crippen LogP contribution in [0.2, 0.25) is 0 Å². The number of carbonyl (C=O) groups is 4. The molecule has 1 aromatic carbocycles. The van der Waals surface area contributed by atoms with Gasteiger partial charge in [-0.3, -0.25) is 19.7 Å². The second-order valence-corrected chi connectivity index (χ2v) is 6.03. The molecule has 0 saturated carbocycles. The molecule has 3 N–H and O–H groups in total. The summed E-state index contributed by atoms with van der Waals surface area (Å²) in [5, 5.41) is 6.86. The van der Waals surface area contributed by atoms with Crippen molar-refractivity contribution in [1.82, 2.24) is 16.0 Å². The molecule has 4 amide bonds. The Kier molecular flexibility index (Phi) is 9.98. The summed E-state index contributed by atoms with van der Waals surface area (Å²) in [6.45, 7) is 3.17. The SMILES string of the molecule is CC(C)CCNC(=O)NC(=O)COC(=O)CNC(=O)COc1ccccc1. The molecule has 0 aliphatic carbocycles. The standard InChI is InChI=1S/C18H25N3O6/c1-13(2)8-9-19-18(25)21-16(23)12-27-17(24)10-20-15(22)11-26-14-6-4-3-5-7-14/h3-7,13H,8-12H2,1-2H3,(H,20,22)(H2,19,21,23,25). The van der Waals surface area contributed by atoms with E-state index < -0.39 is 37.0 Å². The number of amides is 4. The van der Waals surface area contributed by atoms with Crippen molar-refractivity contribution in [3.05, 3.63) is 30.3 Å². The molecule has 0 unspecified atom stereocenters. The van der Waals surface area contributed by atoms with Gasteiger partial charge in [0.25, 0.3) is 11.8 Å². The quantitative estimate of drug-likeness (QED) is 0.512. The highest BCUT2D eigenvalue weighted by Crippen LogP contribution is 2.07. The first-order valence-corrected chi connectivity index (χ1v) is 8.54. The molecule has 9 heteroatoms. The predicted octanol–water partition coefficient (Wildman–Crippen LogP) is 0.597. The number of ether oxygens (including phenoxy) is 2. The molecule has 1 aromatic rings. The Morgan fingerprint density at radius 3 is 2.33 bits per heavy atom. The lowest BCUT2D eigenvalue weighted by atomic mass is 10.1. The van der Waals surface area contributed by atoms with Crippen LogP contribution in [0, 0.1) is 5.92 Å². The van der Waals surface area contributed by atoms with E-state index in [2.05, 4.69) is 15.4 Å². The van der Waals surface area contributed by atoms with Gasteiger partial charge in [0.05, 0.1) is 0 Å². The molecular weight excluding hydrogens is 354 g/mol. The molecule has 0 radical (unpaired) electrons. The number of para-hydroxylation sites is 1. The van der Waals surface area contributed by atoms with E-state index in [0.717, 1.165) is 6.42 Å².